The number of anilines is 1. The number of likely N-dealkylation sites (N-methyl/N-ethyl adjacent to an activating group) is 1. The zero-order chi connectivity index (χ0) is 30.2. The molecular formula is C29H36ClF3N4O4. The molecule has 2 atom stereocenters. The molecule has 1 aliphatic carbocycles. The maximum atomic E-state index is 14.1. The van der Waals surface area contributed by atoms with Crippen molar-refractivity contribution in [2.45, 2.75) is 57.3 Å². The van der Waals surface area contributed by atoms with Crippen molar-refractivity contribution in [3.05, 3.63) is 52.7 Å². The van der Waals surface area contributed by atoms with E-state index in [-0.39, 0.29) is 40.7 Å². The molecule has 8 nitrogen and oxygen atoms in total. The standard InChI is InChI=1S/C29H36ClF3N4O4/c1-18(2)34-25(38)22-8-9-23(35-24(22)30)37-14-11-27(12-15-37)17-20(27)10-13-36(3)26(39)28(40,29(31,32)33)19-6-5-7-21(16-19)41-4/h5-9,16,18,20,40H,10-15,17H2,1-4H3,(H,34,38)/t20-,28?/m0/s1. The van der Waals surface area contributed by atoms with Crippen LogP contribution in [0.3, 0.4) is 0 Å². The predicted octanol–water partition coefficient (Wildman–Crippen LogP) is 4.79. The Bertz CT molecular complexity index is 1280. The maximum Gasteiger partial charge on any atom is 0.430 e. The summed E-state index contributed by atoms with van der Waals surface area (Å²) in [6.45, 7) is 5.28. The average molecular weight is 597 g/mol. The van der Waals surface area contributed by atoms with Crippen LogP contribution in [0.15, 0.2) is 36.4 Å². The Labute approximate surface area is 242 Å². The van der Waals surface area contributed by atoms with Gasteiger partial charge in [-0.15, -0.1) is 0 Å². The highest BCUT2D eigenvalue weighted by atomic mass is 35.5. The minimum absolute atomic E-state index is 0.0234. The van der Waals surface area contributed by atoms with Gasteiger partial charge in [0, 0.05) is 38.3 Å². The number of methoxy groups -OCH3 is 1. The Balaban J connectivity index is 1.34. The SMILES string of the molecule is COc1cccc(C(O)(C(=O)N(C)CC[C@H]2CC23CCN(c2ccc(C(=O)NC(C)C)c(Cl)n2)CC3)C(F)(F)F)c1. The van der Waals surface area contributed by atoms with Crippen molar-refractivity contribution >= 4 is 29.2 Å². The van der Waals surface area contributed by atoms with Gasteiger partial charge in [0.2, 0.25) is 0 Å². The zero-order valence-corrected chi connectivity index (χ0v) is 24.3. The molecule has 1 unspecified atom stereocenters. The molecular weight excluding hydrogens is 561 g/mol. The Kier molecular flexibility index (Phi) is 8.80. The van der Waals surface area contributed by atoms with Gasteiger partial charge >= 0.3 is 6.18 Å². The van der Waals surface area contributed by atoms with E-state index in [1.54, 1.807) is 12.1 Å². The average Bonchev–Trinajstić information content (AvgIpc) is 3.60. The normalized spacial score (nSPS) is 19.6. The van der Waals surface area contributed by atoms with Gasteiger partial charge in [-0.1, -0.05) is 23.7 Å². The number of pyridine rings is 1. The van der Waals surface area contributed by atoms with E-state index < -0.39 is 23.2 Å². The van der Waals surface area contributed by atoms with E-state index in [9.17, 15) is 27.9 Å². The highest BCUT2D eigenvalue weighted by molar-refractivity contribution is 6.32. The summed E-state index contributed by atoms with van der Waals surface area (Å²) in [4.78, 5) is 32.8. The van der Waals surface area contributed by atoms with Gasteiger partial charge in [0.05, 0.1) is 12.7 Å². The molecule has 2 fully saturated rings. The number of hydrogen-bond donors (Lipinski definition) is 2. The summed E-state index contributed by atoms with van der Waals surface area (Å²) < 4.78 is 47.2. The van der Waals surface area contributed by atoms with Gasteiger partial charge < -0.3 is 25.0 Å². The van der Waals surface area contributed by atoms with Gasteiger partial charge in [0.1, 0.15) is 16.7 Å². The van der Waals surface area contributed by atoms with Crippen molar-refractivity contribution in [1.29, 1.82) is 0 Å². The number of ether oxygens (including phenoxy) is 1. The number of nitrogens with one attached hydrogen (secondary N) is 1. The Morgan fingerprint density at radius 3 is 2.51 bits per heavy atom. The molecule has 1 aliphatic heterocycles. The van der Waals surface area contributed by atoms with Crippen LogP contribution in [0.5, 0.6) is 5.75 Å². The van der Waals surface area contributed by atoms with Crippen molar-refractivity contribution in [1.82, 2.24) is 15.2 Å². The lowest BCUT2D eigenvalue weighted by Crippen LogP contribution is -2.55. The molecule has 1 aromatic carbocycles. The lowest BCUT2D eigenvalue weighted by Gasteiger charge is -2.35. The fraction of sp³-hybridized carbons (Fsp3) is 0.552. The molecule has 1 saturated heterocycles. The smallest absolute Gasteiger partial charge is 0.430 e. The van der Waals surface area contributed by atoms with Gasteiger partial charge in [-0.25, -0.2) is 4.98 Å². The number of hydrogen-bond acceptors (Lipinski definition) is 6. The summed E-state index contributed by atoms with van der Waals surface area (Å²) in [6, 6.07) is 8.28. The minimum atomic E-state index is -5.22. The molecule has 12 heteroatoms. The molecule has 224 valence electrons. The number of alkyl halides is 3. The third kappa shape index (κ3) is 6.25. The van der Waals surface area contributed by atoms with Crippen molar-refractivity contribution < 1.29 is 32.6 Å². The largest absolute Gasteiger partial charge is 0.497 e. The first-order valence-corrected chi connectivity index (χ1v) is 14.0. The first-order valence-electron chi connectivity index (χ1n) is 13.6. The highest BCUT2D eigenvalue weighted by Crippen LogP contribution is 2.61. The van der Waals surface area contributed by atoms with Crippen LogP contribution >= 0.6 is 11.6 Å². The van der Waals surface area contributed by atoms with Gasteiger partial charge in [-0.3, -0.25) is 9.59 Å². The number of aliphatic hydroxyl groups is 1. The Morgan fingerprint density at radius 2 is 1.93 bits per heavy atom. The van der Waals surface area contributed by atoms with E-state index in [4.69, 9.17) is 16.3 Å². The highest BCUT2D eigenvalue weighted by Gasteiger charge is 2.62. The Morgan fingerprint density at radius 1 is 1.24 bits per heavy atom. The van der Waals surface area contributed by atoms with Crippen LogP contribution in [0.4, 0.5) is 19.0 Å². The summed E-state index contributed by atoms with van der Waals surface area (Å²) in [5, 5.41) is 13.7. The lowest BCUT2D eigenvalue weighted by atomic mass is 9.89. The van der Waals surface area contributed by atoms with E-state index in [0.717, 1.165) is 49.4 Å². The Hall–Kier alpha value is -3.05. The fourth-order valence-electron chi connectivity index (χ4n) is 5.73. The molecule has 2 amide bonds. The number of carbonyl (C=O) groups excluding carboxylic acids is 2. The second kappa shape index (κ2) is 11.7. The number of rotatable bonds is 9. The summed E-state index contributed by atoms with van der Waals surface area (Å²) in [6.07, 6.45) is -1.99. The zero-order valence-electron chi connectivity index (χ0n) is 23.6. The van der Waals surface area contributed by atoms with Gasteiger partial charge in [0.25, 0.3) is 17.4 Å². The molecule has 0 radical (unpaired) electrons. The molecule has 0 bridgehead atoms. The fourth-order valence-corrected chi connectivity index (χ4v) is 5.96. The molecule has 2 aromatic rings. The number of nitrogens with zero attached hydrogens (tertiary/aromatic N) is 3. The van der Waals surface area contributed by atoms with E-state index >= 15 is 0 Å². The van der Waals surface area contributed by atoms with Crippen LogP contribution in [-0.2, 0) is 10.4 Å². The van der Waals surface area contributed by atoms with Crippen LogP contribution in [-0.4, -0.2) is 72.8 Å². The third-order valence-corrected chi connectivity index (χ3v) is 8.60. The molecule has 2 heterocycles. The van der Waals surface area contributed by atoms with Crippen molar-refractivity contribution in [3.8, 4) is 5.75 Å². The summed E-state index contributed by atoms with van der Waals surface area (Å²) in [5.74, 6) is -0.622. The first kappa shape index (κ1) is 30.9. The van der Waals surface area contributed by atoms with Crippen LogP contribution in [0.1, 0.15) is 55.5 Å². The molecule has 1 saturated carbocycles. The molecule has 1 aromatic heterocycles. The van der Waals surface area contributed by atoms with E-state index in [1.807, 2.05) is 13.8 Å². The predicted molar refractivity (Wildman–Crippen MR) is 149 cm³/mol. The van der Waals surface area contributed by atoms with Gasteiger partial charge in [0.15, 0.2) is 0 Å². The molecule has 41 heavy (non-hydrogen) atoms. The van der Waals surface area contributed by atoms with Crippen molar-refractivity contribution in [2.24, 2.45) is 11.3 Å². The second-order valence-electron chi connectivity index (χ2n) is 11.3. The van der Waals surface area contributed by atoms with Crippen LogP contribution in [0, 0.1) is 11.3 Å². The number of halogens is 4. The number of amides is 2. The number of benzene rings is 1. The number of carbonyl (C=O) groups is 2. The topological polar surface area (TPSA) is 95.0 Å². The van der Waals surface area contributed by atoms with E-state index in [0.29, 0.717) is 17.8 Å². The van der Waals surface area contributed by atoms with Crippen LogP contribution < -0.4 is 15.0 Å². The molecule has 1 spiro atoms. The molecule has 4 rings (SSSR count). The van der Waals surface area contributed by atoms with Crippen LogP contribution in [0.25, 0.3) is 0 Å². The number of aromatic nitrogens is 1. The summed E-state index contributed by atoms with van der Waals surface area (Å²) >= 11 is 6.30. The third-order valence-electron chi connectivity index (χ3n) is 8.31. The van der Waals surface area contributed by atoms with E-state index in [1.165, 1.54) is 26.3 Å². The molecule has 2 N–H and O–H groups in total. The first-order chi connectivity index (χ1) is 19.2. The quantitative estimate of drug-likeness (QED) is 0.405. The number of piperidine rings is 1. The lowest BCUT2D eigenvalue weighted by molar-refractivity contribution is -0.261. The maximum absolute atomic E-state index is 14.1. The summed E-state index contributed by atoms with van der Waals surface area (Å²) in [7, 11) is 2.59. The monoisotopic (exact) mass is 596 g/mol. The molecule has 2 aliphatic rings. The second-order valence-corrected chi connectivity index (χ2v) is 11.7. The van der Waals surface area contributed by atoms with E-state index in [2.05, 4.69) is 15.2 Å². The van der Waals surface area contributed by atoms with Gasteiger partial charge in [-0.2, -0.15) is 13.2 Å². The summed E-state index contributed by atoms with van der Waals surface area (Å²) in [5.41, 5.74) is -3.86. The van der Waals surface area contributed by atoms with Crippen LogP contribution in [0.2, 0.25) is 5.15 Å². The van der Waals surface area contributed by atoms with Crippen molar-refractivity contribution in [2.75, 3.05) is 38.7 Å². The van der Waals surface area contributed by atoms with Gasteiger partial charge in [-0.05, 0) is 75.1 Å². The van der Waals surface area contributed by atoms with Crippen molar-refractivity contribution in [3.63, 3.8) is 0 Å². The minimum Gasteiger partial charge on any atom is -0.497 e.